The van der Waals surface area contributed by atoms with E-state index in [2.05, 4.69) is 5.32 Å². The van der Waals surface area contributed by atoms with Crippen molar-refractivity contribution in [2.75, 3.05) is 12.8 Å². The molecule has 0 aliphatic heterocycles. The summed E-state index contributed by atoms with van der Waals surface area (Å²) in [4.78, 5) is 13.2. The molecule has 98 valence electrons. The van der Waals surface area contributed by atoms with E-state index in [9.17, 15) is 4.79 Å². The Morgan fingerprint density at radius 1 is 1.61 bits per heavy atom. The highest BCUT2D eigenvalue weighted by atomic mass is 35.5. The summed E-state index contributed by atoms with van der Waals surface area (Å²) in [5, 5.41) is 3.46. The van der Waals surface area contributed by atoms with Crippen molar-refractivity contribution in [2.45, 2.75) is 23.8 Å². The summed E-state index contributed by atoms with van der Waals surface area (Å²) in [5.41, 5.74) is 6.21. The zero-order chi connectivity index (χ0) is 13.1. The van der Waals surface area contributed by atoms with E-state index in [0.717, 1.165) is 17.7 Å². The van der Waals surface area contributed by atoms with E-state index in [-0.39, 0.29) is 11.9 Å². The second-order valence-electron chi connectivity index (χ2n) is 4.50. The molecule has 1 atom stereocenters. The van der Waals surface area contributed by atoms with Crippen LogP contribution in [0.2, 0.25) is 5.02 Å². The molecule has 0 saturated heterocycles. The van der Waals surface area contributed by atoms with E-state index in [1.54, 1.807) is 17.8 Å². The maximum atomic E-state index is 12.2. The van der Waals surface area contributed by atoms with Crippen LogP contribution >= 0.6 is 23.4 Å². The number of nitrogens with one attached hydrogen (secondary N) is 1. The number of amides is 1. The lowest BCUT2D eigenvalue weighted by Crippen LogP contribution is -2.41. The molecule has 1 aromatic rings. The molecular formula is C13H17ClN2OS. The average Bonchev–Trinajstić information content (AvgIpc) is 3.20. The molecule has 18 heavy (non-hydrogen) atoms. The number of thioether (sulfide) groups is 1. The third-order valence-electron chi connectivity index (χ3n) is 3.18. The number of nitrogens with two attached hydrogens (primary N) is 1. The summed E-state index contributed by atoms with van der Waals surface area (Å²) in [6.07, 6.45) is 4.28. The van der Waals surface area contributed by atoms with Gasteiger partial charge in [0, 0.05) is 17.5 Å². The number of carbonyl (C=O) groups excluding carboxylic acids is 1. The molecule has 1 aliphatic carbocycles. The summed E-state index contributed by atoms with van der Waals surface area (Å²) in [6.45, 7) is 0.482. The van der Waals surface area contributed by atoms with Crippen molar-refractivity contribution in [1.29, 1.82) is 0 Å². The van der Waals surface area contributed by atoms with Gasteiger partial charge in [0.1, 0.15) is 0 Å². The van der Waals surface area contributed by atoms with Crippen molar-refractivity contribution in [2.24, 2.45) is 11.7 Å². The molecule has 5 heteroatoms. The van der Waals surface area contributed by atoms with Crippen molar-refractivity contribution in [1.82, 2.24) is 5.32 Å². The van der Waals surface area contributed by atoms with E-state index >= 15 is 0 Å². The molecule has 0 aromatic heterocycles. The Balaban J connectivity index is 2.11. The Bertz CT molecular complexity index is 449. The van der Waals surface area contributed by atoms with Crippen LogP contribution in [-0.2, 0) is 0 Å². The second-order valence-corrected chi connectivity index (χ2v) is 5.79. The lowest BCUT2D eigenvalue weighted by Gasteiger charge is -2.16. The van der Waals surface area contributed by atoms with Crippen LogP contribution in [0.3, 0.4) is 0 Å². The summed E-state index contributed by atoms with van der Waals surface area (Å²) in [6, 6.07) is 5.57. The largest absolute Gasteiger partial charge is 0.348 e. The fourth-order valence-electron chi connectivity index (χ4n) is 1.92. The second kappa shape index (κ2) is 5.95. The SMILES string of the molecule is CSc1ccc(Cl)c(C(=O)NC(CN)C2CC2)c1. The number of rotatable bonds is 5. The van der Waals surface area contributed by atoms with E-state index in [1.807, 2.05) is 18.4 Å². The normalized spacial score (nSPS) is 16.4. The molecule has 0 spiro atoms. The predicted octanol–water partition coefficient (Wildman–Crippen LogP) is 2.53. The van der Waals surface area contributed by atoms with Gasteiger partial charge in [-0.1, -0.05) is 11.6 Å². The first kappa shape index (κ1) is 13.7. The molecule has 0 radical (unpaired) electrons. The third kappa shape index (κ3) is 3.19. The zero-order valence-electron chi connectivity index (χ0n) is 10.3. The topological polar surface area (TPSA) is 55.1 Å². The van der Waals surface area contributed by atoms with Gasteiger partial charge in [-0.3, -0.25) is 4.79 Å². The number of carbonyl (C=O) groups is 1. The van der Waals surface area contributed by atoms with Gasteiger partial charge >= 0.3 is 0 Å². The first-order chi connectivity index (χ1) is 8.65. The molecule has 0 heterocycles. The van der Waals surface area contributed by atoms with Gasteiger partial charge in [-0.15, -0.1) is 11.8 Å². The highest BCUT2D eigenvalue weighted by molar-refractivity contribution is 7.98. The number of hydrogen-bond donors (Lipinski definition) is 2. The molecule has 0 bridgehead atoms. The van der Waals surface area contributed by atoms with Crippen molar-refractivity contribution in [3.05, 3.63) is 28.8 Å². The Labute approximate surface area is 116 Å². The maximum absolute atomic E-state index is 12.2. The van der Waals surface area contributed by atoms with E-state index < -0.39 is 0 Å². The molecule has 1 amide bonds. The Kier molecular flexibility index (Phi) is 4.54. The summed E-state index contributed by atoms with van der Waals surface area (Å²) in [5.74, 6) is 0.416. The van der Waals surface area contributed by atoms with Gasteiger partial charge in [-0.05, 0) is 43.2 Å². The fourth-order valence-corrected chi connectivity index (χ4v) is 2.56. The number of halogens is 1. The van der Waals surface area contributed by atoms with E-state index in [0.29, 0.717) is 23.0 Å². The minimum absolute atomic E-state index is 0.0755. The molecule has 3 nitrogen and oxygen atoms in total. The van der Waals surface area contributed by atoms with Gasteiger partial charge in [0.05, 0.1) is 10.6 Å². The zero-order valence-corrected chi connectivity index (χ0v) is 11.9. The summed E-state index contributed by atoms with van der Waals surface area (Å²) in [7, 11) is 0. The van der Waals surface area contributed by atoms with Gasteiger partial charge in [0.15, 0.2) is 0 Å². The smallest absolute Gasteiger partial charge is 0.253 e. The Hall–Kier alpha value is -0.710. The lowest BCUT2D eigenvalue weighted by molar-refractivity contribution is 0.0933. The monoisotopic (exact) mass is 284 g/mol. The van der Waals surface area contributed by atoms with Crippen LogP contribution in [0.25, 0.3) is 0 Å². The van der Waals surface area contributed by atoms with Crippen LogP contribution in [-0.4, -0.2) is 24.7 Å². The van der Waals surface area contributed by atoms with Crippen molar-refractivity contribution in [3.63, 3.8) is 0 Å². The van der Waals surface area contributed by atoms with Gasteiger partial charge in [0.25, 0.3) is 5.91 Å². The molecule has 1 fully saturated rings. The number of benzene rings is 1. The lowest BCUT2D eigenvalue weighted by atomic mass is 10.1. The predicted molar refractivity (Wildman–Crippen MR) is 76.3 cm³/mol. The van der Waals surface area contributed by atoms with Gasteiger partial charge < -0.3 is 11.1 Å². The van der Waals surface area contributed by atoms with Crippen LogP contribution in [0.1, 0.15) is 23.2 Å². The molecule has 1 unspecified atom stereocenters. The van der Waals surface area contributed by atoms with E-state index in [4.69, 9.17) is 17.3 Å². The van der Waals surface area contributed by atoms with Crippen LogP contribution < -0.4 is 11.1 Å². The first-order valence-corrected chi connectivity index (χ1v) is 7.60. The standard InChI is InChI=1S/C13H17ClN2OS/c1-18-9-4-5-11(14)10(6-9)13(17)16-12(7-15)8-2-3-8/h4-6,8,12H,2-3,7,15H2,1H3,(H,16,17). The Morgan fingerprint density at radius 2 is 2.33 bits per heavy atom. The first-order valence-electron chi connectivity index (χ1n) is 6.00. The van der Waals surface area contributed by atoms with E-state index in [1.165, 1.54) is 0 Å². The molecular weight excluding hydrogens is 268 g/mol. The van der Waals surface area contributed by atoms with Crippen LogP contribution in [0, 0.1) is 5.92 Å². The molecule has 1 aromatic carbocycles. The molecule has 1 aliphatic rings. The fraction of sp³-hybridized carbons (Fsp3) is 0.462. The quantitative estimate of drug-likeness (QED) is 0.817. The highest BCUT2D eigenvalue weighted by Gasteiger charge is 2.31. The van der Waals surface area contributed by atoms with Crippen LogP contribution in [0.15, 0.2) is 23.1 Å². The van der Waals surface area contributed by atoms with Gasteiger partial charge in [0.2, 0.25) is 0 Å². The minimum Gasteiger partial charge on any atom is -0.348 e. The summed E-state index contributed by atoms with van der Waals surface area (Å²) < 4.78 is 0. The van der Waals surface area contributed by atoms with Gasteiger partial charge in [-0.2, -0.15) is 0 Å². The number of hydrogen-bond acceptors (Lipinski definition) is 3. The molecule has 1 saturated carbocycles. The molecule has 3 N–H and O–H groups in total. The summed E-state index contributed by atoms with van der Waals surface area (Å²) >= 11 is 7.66. The minimum atomic E-state index is -0.127. The average molecular weight is 285 g/mol. The maximum Gasteiger partial charge on any atom is 0.253 e. The van der Waals surface area contributed by atoms with Crippen LogP contribution in [0.4, 0.5) is 0 Å². The highest BCUT2D eigenvalue weighted by Crippen LogP contribution is 2.32. The van der Waals surface area contributed by atoms with Gasteiger partial charge in [-0.25, -0.2) is 0 Å². The third-order valence-corrected chi connectivity index (χ3v) is 4.23. The van der Waals surface area contributed by atoms with Crippen LogP contribution in [0.5, 0.6) is 0 Å². The van der Waals surface area contributed by atoms with Crippen molar-refractivity contribution >= 4 is 29.3 Å². The molecule has 2 rings (SSSR count). The Morgan fingerprint density at radius 3 is 2.89 bits per heavy atom. The van der Waals surface area contributed by atoms with Crippen molar-refractivity contribution < 1.29 is 4.79 Å². The van der Waals surface area contributed by atoms with Crippen molar-refractivity contribution in [3.8, 4) is 0 Å².